The normalized spacial score (nSPS) is 19.1. The molecule has 0 saturated carbocycles. The number of likely N-dealkylation sites (tertiary alicyclic amines) is 1. The molecule has 2 amide bonds. The third kappa shape index (κ3) is 3.85. The average molecular weight is 393 g/mol. The molecule has 4 rings (SSSR count). The molecule has 3 heterocycles. The second kappa shape index (κ2) is 8.03. The third-order valence-corrected chi connectivity index (χ3v) is 5.52. The second-order valence-corrected chi connectivity index (χ2v) is 7.39. The maximum atomic E-state index is 13.0. The first-order valence-electron chi connectivity index (χ1n) is 9.92. The molecule has 1 aromatic carbocycles. The number of rotatable bonds is 4. The summed E-state index contributed by atoms with van der Waals surface area (Å²) in [6.07, 6.45) is 4.52. The van der Waals surface area contributed by atoms with Gasteiger partial charge in [0.15, 0.2) is 11.9 Å². The Balaban J connectivity index is 1.41. The first kappa shape index (κ1) is 19.1. The smallest absolute Gasteiger partial charge is 0.265 e. The van der Waals surface area contributed by atoms with E-state index < -0.39 is 6.10 Å². The topological polar surface area (TPSA) is 88.6 Å². The van der Waals surface area contributed by atoms with Gasteiger partial charge in [0.05, 0.1) is 11.3 Å². The lowest BCUT2D eigenvalue weighted by Crippen LogP contribution is -2.40. The van der Waals surface area contributed by atoms with Gasteiger partial charge in [0.1, 0.15) is 5.75 Å². The molecule has 0 bridgehead atoms. The second-order valence-electron chi connectivity index (χ2n) is 7.39. The number of aromatic nitrogens is 1. The SMILES string of the molecule is CC[C@H]1Oc2ccc(C(=O)C3CCN(C(=O)c4cccnc4)CC3)cc2NC1=O. The van der Waals surface area contributed by atoms with Crippen molar-refractivity contribution in [2.75, 3.05) is 18.4 Å². The van der Waals surface area contributed by atoms with Crippen LogP contribution in [0.3, 0.4) is 0 Å². The van der Waals surface area contributed by atoms with Gasteiger partial charge in [-0.25, -0.2) is 0 Å². The number of hydrogen-bond acceptors (Lipinski definition) is 5. The van der Waals surface area contributed by atoms with Gasteiger partial charge in [-0.15, -0.1) is 0 Å². The number of nitrogens with zero attached hydrogens (tertiary/aromatic N) is 2. The number of carbonyl (C=O) groups excluding carboxylic acids is 3. The van der Waals surface area contributed by atoms with Gasteiger partial charge in [0, 0.05) is 37.0 Å². The number of pyridine rings is 1. The summed E-state index contributed by atoms with van der Waals surface area (Å²) >= 11 is 0. The van der Waals surface area contributed by atoms with E-state index in [0.29, 0.717) is 54.9 Å². The molecule has 0 radical (unpaired) electrons. The highest BCUT2D eigenvalue weighted by atomic mass is 16.5. The maximum Gasteiger partial charge on any atom is 0.265 e. The fraction of sp³-hybridized carbons (Fsp3) is 0.364. The Kier molecular flexibility index (Phi) is 5.29. The van der Waals surface area contributed by atoms with Crippen LogP contribution < -0.4 is 10.1 Å². The molecule has 2 aliphatic rings. The minimum Gasteiger partial charge on any atom is -0.478 e. The largest absolute Gasteiger partial charge is 0.478 e. The molecule has 7 heteroatoms. The Morgan fingerprint density at radius 3 is 2.69 bits per heavy atom. The highest BCUT2D eigenvalue weighted by Crippen LogP contribution is 2.33. The number of anilines is 1. The third-order valence-electron chi connectivity index (χ3n) is 5.52. The van der Waals surface area contributed by atoms with Crippen LogP contribution in [-0.2, 0) is 4.79 Å². The van der Waals surface area contributed by atoms with E-state index in [1.165, 1.54) is 0 Å². The van der Waals surface area contributed by atoms with Gasteiger partial charge >= 0.3 is 0 Å². The molecule has 150 valence electrons. The van der Waals surface area contributed by atoms with Crippen molar-refractivity contribution in [2.45, 2.75) is 32.3 Å². The number of fused-ring (bicyclic) bond motifs is 1. The van der Waals surface area contributed by atoms with Gasteiger partial charge in [0.25, 0.3) is 11.8 Å². The van der Waals surface area contributed by atoms with Crippen LogP contribution in [-0.4, -0.2) is 46.7 Å². The van der Waals surface area contributed by atoms with Crippen LogP contribution in [0, 0.1) is 5.92 Å². The van der Waals surface area contributed by atoms with E-state index in [1.54, 1.807) is 47.6 Å². The van der Waals surface area contributed by atoms with Crippen LogP contribution in [0.4, 0.5) is 5.69 Å². The molecule has 0 spiro atoms. The summed E-state index contributed by atoms with van der Waals surface area (Å²) in [6, 6.07) is 8.67. The summed E-state index contributed by atoms with van der Waals surface area (Å²) in [7, 11) is 0. The summed E-state index contributed by atoms with van der Waals surface area (Å²) in [4.78, 5) is 43.3. The van der Waals surface area contributed by atoms with Crippen LogP contribution in [0.25, 0.3) is 0 Å². The zero-order valence-electron chi connectivity index (χ0n) is 16.3. The van der Waals surface area contributed by atoms with Gasteiger partial charge in [-0.3, -0.25) is 19.4 Å². The predicted molar refractivity (Wildman–Crippen MR) is 107 cm³/mol. The quantitative estimate of drug-likeness (QED) is 0.807. The van der Waals surface area contributed by atoms with E-state index in [-0.39, 0.29) is 23.5 Å². The Bertz CT molecular complexity index is 936. The Morgan fingerprint density at radius 1 is 1.21 bits per heavy atom. The number of ether oxygens (including phenoxy) is 1. The van der Waals surface area contributed by atoms with Gasteiger partial charge in [-0.1, -0.05) is 6.92 Å². The van der Waals surface area contributed by atoms with Crippen LogP contribution in [0.5, 0.6) is 5.75 Å². The van der Waals surface area contributed by atoms with E-state index in [2.05, 4.69) is 10.3 Å². The molecule has 2 aromatic rings. The molecule has 1 aromatic heterocycles. The molecule has 2 aliphatic heterocycles. The highest BCUT2D eigenvalue weighted by Gasteiger charge is 2.30. The Hall–Kier alpha value is -3.22. The molecule has 0 unspecified atom stereocenters. The molecule has 1 atom stereocenters. The molecule has 1 fully saturated rings. The van der Waals surface area contributed by atoms with Crippen LogP contribution >= 0.6 is 0 Å². The van der Waals surface area contributed by atoms with Crippen LogP contribution in [0.1, 0.15) is 46.9 Å². The van der Waals surface area contributed by atoms with Crippen LogP contribution in [0.2, 0.25) is 0 Å². The molecule has 1 saturated heterocycles. The number of piperidine rings is 1. The van der Waals surface area contributed by atoms with Gasteiger partial charge in [-0.2, -0.15) is 0 Å². The molecule has 1 N–H and O–H groups in total. The maximum absolute atomic E-state index is 13.0. The lowest BCUT2D eigenvalue weighted by atomic mass is 9.88. The monoisotopic (exact) mass is 393 g/mol. The minimum absolute atomic E-state index is 0.0353. The number of hydrogen-bond donors (Lipinski definition) is 1. The Labute approximate surface area is 169 Å². The number of nitrogens with one attached hydrogen (secondary N) is 1. The van der Waals surface area contributed by atoms with Gasteiger partial charge in [-0.05, 0) is 49.6 Å². The molecule has 7 nitrogen and oxygen atoms in total. The zero-order chi connectivity index (χ0) is 20.4. The van der Waals surface area contributed by atoms with Crippen molar-refractivity contribution in [1.29, 1.82) is 0 Å². The summed E-state index contributed by atoms with van der Waals surface area (Å²) in [6.45, 7) is 2.96. The molecule has 0 aliphatic carbocycles. The molecule has 29 heavy (non-hydrogen) atoms. The standard InChI is InChI=1S/C22H23N3O4/c1-2-18-21(27)24-17-12-15(5-6-19(17)29-18)20(26)14-7-10-25(11-8-14)22(28)16-4-3-9-23-13-16/h3-6,9,12-14,18H,2,7-8,10-11H2,1H3,(H,24,27)/t18-/m1/s1. The lowest BCUT2D eigenvalue weighted by molar-refractivity contribution is -0.123. The lowest BCUT2D eigenvalue weighted by Gasteiger charge is -2.31. The fourth-order valence-electron chi connectivity index (χ4n) is 3.82. The number of amides is 2. The summed E-state index contributed by atoms with van der Waals surface area (Å²) in [5.74, 6) is 0.238. The van der Waals surface area contributed by atoms with Crippen molar-refractivity contribution in [3.05, 3.63) is 53.9 Å². The van der Waals surface area contributed by atoms with E-state index in [9.17, 15) is 14.4 Å². The van der Waals surface area contributed by atoms with Crippen LogP contribution in [0.15, 0.2) is 42.7 Å². The van der Waals surface area contributed by atoms with Crippen molar-refractivity contribution < 1.29 is 19.1 Å². The van der Waals surface area contributed by atoms with E-state index in [4.69, 9.17) is 4.74 Å². The summed E-state index contributed by atoms with van der Waals surface area (Å²) in [5.41, 5.74) is 1.66. The fourth-order valence-corrected chi connectivity index (χ4v) is 3.82. The van der Waals surface area contributed by atoms with Crippen molar-refractivity contribution >= 4 is 23.3 Å². The van der Waals surface area contributed by atoms with E-state index in [1.807, 2.05) is 6.92 Å². The minimum atomic E-state index is -0.495. The number of carbonyl (C=O) groups is 3. The zero-order valence-corrected chi connectivity index (χ0v) is 16.3. The first-order chi connectivity index (χ1) is 14.1. The van der Waals surface area contributed by atoms with Gasteiger partial charge < -0.3 is 15.0 Å². The van der Waals surface area contributed by atoms with Gasteiger partial charge in [0.2, 0.25) is 0 Å². The number of Topliss-reactive ketones (excluding diaryl/α,β-unsaturated/α-hetero) is 1. The van der Waals surface area contributed by atoms with Crippen molar-refractivity contribution in [1.82, 2.24) is 9.88 Å². The molecular formula is C22H23N3O4. The van der Waals surface area contributed by atoms with Crippen molar-refractivity contribution in [3.63, 3.8) is 0 Å². The molecular weight excluding hydrogens is 370 g/mol. The first-order valence-corrected chi connectivity index (χ1v) is 9.92. The van der Waals surface area contributed by atoms with E-state index in [0.717, 1.165) is 0 Å². The highest BCUT2D eigenvalue weighted by molar-refractivity contribution is 6.02. The van der Waals surface area contributed by atoms with E-state index >= 15 is 0 Å². The predicted octanol–water partition coefficient (Wildman–Crippen LogP) is 2.93. The van der Waals surface area contributed by atoms with Crippen molar-refractivity contribution in [3.8, 4) is 5.75 Å². The summed E-state index contributed by atoms with van der Waals surface area (Å²) < 4.78 is 5.68. The van der Waals surface area contributed by atoms with Crippen molar-refractivity contribution in [2.24, 2.45) is 5.92 Å². The average Bonchev–Trinajstić information content (AvgIpc) is 2.78. The Morgan fingerprint density at radius 2 is 2.00 bits per heavy atom. The number of benzene rings is 1. The number of ketones is 1. The summed E-state index contributed by atoms with van der Waals surface area (Å²) in [5, 5.41) is 2.82.